The van der Waals surface area contributed by atoms with Gasteiger partial charge in [0.2, 0.25) is 0 Å². The van der Waals surface area contributed by atoms with Gasteiger partial charge in [-0.25, -0.2) is 0 Å². The fraction of sp³-hybridized carbons (Fsp3) is 0. The van der Waals surface area contributed by atoms with Crippen molar-refractivity contribution in [3.05, 3.63) is 158 Å². The van der Waals surface area contributed by atoms with Crippen LogP contribution in [0, 0.1) is 0 Å². The van der Waals surface area contributed by atoms with Crippen molar-refractivity contribution in [2.45, 2.75) is 0 Å². The normalized spacial score (nSPS) is 12.3. The molecule has 0 radical (unpaired) electrons. The number of hydrogen-bond acceptors (Lipinski definition) is 1. The maximum Gasteiger partial charge on any atom is 0.0547 e. The van der Waals surface area contributed by atoms with E-state index in [1.54, 1.807) is 0 Å². The first kappa shape index (κ1) is 25.3. The van der Waals surface area contributed by atoms with E-state index >= 15 is 0 Å². The minimum Gasteiger partial charge on any atom is -0.309 e. The van der Waals surface area contributed by atoms with Crippen LogP contribution < -0.4 is 0 Å². The predicted molar refractivity (Wildman–Crippen MR) is 203 cm³/mol. The van der Waals surface area contributed by atoms with Crippen molar-refractivity contribution < 1.29 is 0 Å². The van der Waals surface area contributed by atoms with Crippen LogP contribution in [0.4, 0.5) is 0 Å². The highest BCUT2D eigenvalue weighted by atomic mass is 32.1. The summed E-state index contributed by atoms with van der Waals surface area (Å²) in [5.41, 5.74) is 7.24. The maximum atomic E-state index is 2.48. The van der Waals surface area contributed by atoms with E-state index < -0.39 is 0 Å². The summed E-state index contributed by atoms with van der Waals surface area (Å²) >= 11 is 1.91. The largest absolute Gasteiger partial charge is 0.309 e. The second-order valence-electron chi connectivity index (χ2n) is 12.5. The van der Waals surface area contributed by atoms with E-state index in [2.05, 4.69) is 167 Å². The summed E-state index contributed by atoms with van der Waals surface area (Å²) in [7, 11) is 0. The van der Waals surface area contributed by atoms with E-state index in [9.17, 15) is 0 Å². The molecule has 0 atom stereocenters. The molecule has 11 aromatic rings. The van der Waals surface area contributed by atoms with Crippen molar-refractivity contribution in [3.8, 4) is 11.4 Å². The number of para-hydroxylation sites is 3. The van der Waals surface area contributed by atoms with Crippen LogP contribution in [-0.4, -0.2) is 9.13 Å². The summed E-state index contributed by atoms with van der Waals surface area (Å²) < 4.78 is 7.57. The van der Waals surface area contributed by atoms with Crippen molar-refractivity contribution in [2.75, 3.05) is 0 Å². The van der Waals surface area contributed by atoms with Gasteiger partial charge >= 0.3 is 0 Å². The maximum absolute atomic E-state index is 2.48. The molecule has 0 bridgehead atoms. The number of fused-ring (bicyclic) bond motifs is 14. The van der Waals surface area contributed by atoms with Crippen molar-refractivity contribution in [2.24, 2.45) is 0 Å². The number of hydrogen-bond donors (Lipinski definition) is 0. The lowest BCUT2D eigenvalue weighted by molar-refractivity contribution is 1.17. The van der Waals surface area contributed by atoms with E-state index in [-0.39, 0.29) is 0 Å². The Bertz CT molecular complexity index is 3070. The fourth-order valence-corrected chi connectivity index (χ4v) is 9.35. The van der Waals surface area contributed by atoms with Crippen molar-refractivity contribution in [3.63, 3.8) is 0 Å². The molecule has 3 heteroatoms. The molecule has 0 aliphatic carbocycles. The first-order valence-corrected chi connectivity index (χ1v) is 16.9. The van der Waals surface area contributed by atoms with E-state index in [1.165, 1.54) is 96.7 Å². The molecular weight excluding hydrogens is 589 g/mol. The van der Waals surface area contributed by atoms with Crippen LogP contribution in [0.2, 0.25) is 0 Å². The number of thiophene rings is 1. The summed E-state index contributed by atoms with van der Waals surface area (Å²) in [6.45, 7) is 0. The molecule has 0 amide bonds. The quantitative estimate of drug-likeness (QED) is 0.171. The average molecular weight is 615 g/mol. The molecule has 0 unspecified atom stereocenters. The molecule has 0 fully saturated rings. The summed E-state index contributed by atoms with van der Waals surface area (Å²) in [5, 5.41) is 13.0. The van der Waals surface area contributed by atoms with Crippen LogP contribution in [0.3, 0.4) is 0 Å². The topological polar surface area (TPSA) is 9.86 Å². The number of nitrogens with zero attached hydrogens (tertiary/aromatic N) is 2. The molecule has 11 rings (SSSR count). The fourth-order valence-electron chi connectivity index (χ4n) is 8.10. The SMILES string of the molecule is c1ccc(-n2c3ccccc3c3cc(-n4c5ccccc5c5cc6c7ccccc7c7sc8ccccc8c7c6cc54)ccc32)cc1. The van der Waals surface area contributed by atoms with E-state index in [0.29, 0.717) is 0 Å². The van der Waals surface area contributed by atoms with Crippen LogP contribution in [0.5, 0.6) is 0 Å². The van der Waals surface area contributed by atoms with Gasteiger partial charge in [-0.3, -0.25) is 0 Å². The first-order chi connectivity index (χ1) is 23.3. The zero-order valence-electron chi connectivity index (χ0n) is 25.3. The lowest BCUT2D eigenvalue weighted by atomic mass is 9.95. The van der Waals surface area contributed by atoms with Gasteiger partial charge in [0, 0.05) is 58.5 Å². The van der Waals surface area contributed by atoms with Crippen molar-refractivity contribution >= 4 is 96.7 Å². The van der Waals surface area contributed by atoms with E-state index in [0.717, 1.165) is 0 Å². The molecule has 0 aliphatic rings. The predicted octanol–water partition coefficient (Wildman–Crippen LogP) is 12.6. The molecule has 218 valence electrons. The van der Waals surface area contributed by atoms with E-state index in [1.807, 2.05) is 11.3 Å². The van der Waals surface area contributed by atoms with Gasteiger partial charge in [0.05, 0.1) is 22.1 Å². The molecule has 0 spiro atoms. The van der Waals surface area contributed by atoms with Crippen LogP contribution in [0.1, 0.15) is 0 Å². The van der Waals surface area contributed by atoms with Gasteiger partial charge < -0.3 is 9.13 Å². The molecule has 0 aliphatic heterocycles. The summed E-state index contributed by atoms with van der Waals surface area (Å²) in [6, 6.07) is 58.1. The third-order valence-electron chi connectivity index (χ3n) is 10.1. The molecule has 0 saturated heterocycles. The first-order valence-electron chi connectivity index (χ1n) is 16.1. The van der Waals surface area contributed by atoms with Crippen molar-refractivity contribution in [1.29, 1.82) is 0 Å². The van der Waals surface area contributed by atoms with Gasteiger partial charge in [0.15, 0.2) is 0 Å². The molecule has 3 heterocycles. The van der Waals surface area contributed by atoms with E-state index in [4.69, 9.17) is 0 Å². The molecule has 2 nitrogen and oxygen atoms in total. The Labute approximate surface area is 273 Å². The smallest absolute Gasteiger partial charge is 0.0547 e. The Kier molecular flexibility index (Phi) is 5.02. The lowest BCUT2D eigenvalue weighted by Crippen LogP contribution is -1.95. The summed E-state index contributed by atoms with van der Waals surface area (Å²) in [5.74, 6) is 0. The minimum atomic E-state index is 1.17. The number of benzene rings is 8. The molecule has 47 heavy (non-hydrogen) atoms. The molecular formula is C44H26N2S. The van der Waals surface area contributed by atoms with Gasteiger partial charge in [-0.2, -0.15) is 0 Å². The summed E-state index contributed by atoms with van der Waals surface area (Å²) in [6.07, 6.45) is 0. The Hall–Kier alpha value is -5.90. The Morgan fingerprint density at radius 1 is 0.319 bits per heavy atom. The van der Waals surface area contributed by atoms with Crippen LogP contribution in [0.25, 0.3) is 96.7 Å². The third kappa shape index (κ3) is 3.39. The number of rotatable bonds is 2. The number of aromatic nitrogens is 2. The average Bonchev–Trinajstić information content (AvgIpc) is 3.79. The Balaban J connectivity index is 1.29. The van der Waals surface area contributed by atoms with Gasteiger partial charge in [-0.15, -0.1) is 11.3 Å². The molecule has 0 saturated carbocycles. The van der Waals surface area contributed by atoms with Crippen LogP contribution >= 0.6 is 11.3 Å². The highest BCUT2D eigenvalue weighted by Crippen LogP contribution is 2.46. The van der Waals surface area contributed by atoms with Gasteiger partial charge in [-0.1, -0.05) is 97.1 Å². The zero-order valence-corrected chi connectivity index (χ0v) is 26.1. The Morgan fingerprint density at radius 2 is 0.894 bits per heavy atom. The monoisotopic (exact) mass is 614 g/mol. The highest BCUT2D eigenvalue weighted by molar-refractivity contribution is 7.27. The minimum absolute atomic E-state index is 1.17. The molecule has 8 aromatic carbocycles. The zero-order chi connectivity index (χ0) is 30.6. The summed E-state index contributed by atoms with van der Waals surface area (Å²) in [4.78, 5) is 0. The molecule has 0 N–H and O–H groups in total. The highest BCUT2D eigenvalue weighted by Gasteiger charge is 2.20. The second-order valence-corrected chi connectivity index (χ2v) is 13.6. The lowest BCUT2D eigenvalue weighted by Gasteiger charge is -2.12. The van der Waals surface area contributed by atoms with Crippen LogP contribution in [0.15, 0.2) is 158 Å². The van der Waals surface area contributed by atoms with Crippen molar-refractivity contribution in [1.82, 2.24) is 9.13 Å². The van der Waals surface area contributed by atoms with Gasteiger partial charge in [0.25, 0.3) is 0 Å². The third-order valence-corrected chi connectivity index (χ3v) is 11.3. The van der Waals surface area contributed by atoms with Gasteiger partial charge in [-0.05, 0) is 76.8 Å². The Morgan fingerprint density at radius 3 is 1.66 bits per heavy atom. The standard InChI is InChI=1S/C44H26N2S/c1-2-12-27(13-3-1)45-38-19-9-6-15-30(38)35-24-28(22-23-40(35)45)46-39-20-10-7-16-31(39)36-25-34-29-14-4-5-17-32(29)44-43(37(34)26-41(36)46)33-18-8-11-21-42(33)47-44/h1-26H. The van der Waals surface area contributed by atoms with Crippen LogP contribution in [-0.2, 0) is 0 Å². The van der Waals surface area contributed by atoms with Gasteiger partial charge in [0.1, 0.15) is 0 Å². The molecule has 3 aromatic heterocycles. The second kappa shape index (κ2) is 9.32.